The maximum absolute atomic E-state index is 10.1. The van der Waals surface area contributed by atoms with Gasteiger partial charge in [0.25, 0.3) is 0 Å². The van der Waals surface area contributed by atoms with Gasteiger partial charge in [0.2, 0.25) is 0 Å². The van der Waals surface area contributed by atoms with E-state index in [1.165, 1.54) is 0 Å². The molecule has 0 spiro atoms. The van der Waals surface area contributed by atoms with Gasteiger partial charge in [0.15, 0.2) is 36.6 Å². The summed E-state index contributed by atoms with van der Waals surface area (Å²) >= 11 is 0. The fourth-order valence-electron chi connectivity index (χ4n) is 4.01. The average molecular weight is 1420 g/mol. The predicted molar refractivity (Wildman–Crippen MR) is 232 cm³/mol. The summed E-state index contributed by atoms with van der Waals surface area (Å²) in [4.78, 5) is 60.5. The van der Waals surface area contributed by atoms with Gasteiger partial charge in [-0.15, -0.1) is 0 Å². The van der Waals surface area contributed by atoms with Gasteiger partial charge >= 0.3 is 35.8 Å². The SMILES string of the molecule is O=C(O)[C@H](O)[C@@H](O)[C@H](O)[C@H](O)CO.O=C(O)[C@H](O)[C@@H](O)[C@H](O)[C@H](O)CO.O=C(O)[C@H](O)[C@@H](O)[C@H](O)[C@H](O)CO.O=C(O)[C@H](O)[C@@H](O)[C@H](O)[C@H](O)CO.O=C(O)[C@H](O)[C@@H](O)[C@H](O)[C@H](O)CO.O=C(O)[C@H](O)[C@@H](O)[C@H](O)[C@H](O)CO.[Co].[W]. The zero-order valence-corrected chi connectivity index (χ0v) is 44.4. The number of rotatable bonds is 30. The molecule has 0 bridgehead atoms. The minimum Gasteiger partial charge on any atom is -0.479 e. The second-order valence-corrected chi connectivity index (χ2v) is 15.1. The summed E-state index contributed by atoms with van der Waals surface area (Å²) in [5.74, 6) is -10.4. The van der Waals surface area contributed by atoms with Gasteiger partial charge in [-0.25, -0.2) is 28.8 Å². The molecular weight excluding hydrogens is 1350 g/mol. The normalized spacial score (nSPS) is 19.9. The molecule has 0 aromatic rings. The van der Waals surface area contributed by atoms with Crippen LogP contribution in [0.4, 0.5) is 0 Å². The zero-order chi connectivity index (χ0) is 63.6. The van der Waals surface area contributed by atoms with Crippen molar-refractivity contribution in [3.05, 3.63) is 0 Å². The van der Waals surface area contributed by atoms with Gasteiger partial charge in [0, 0.05) is 37.8 Å². The number of carboxylic acids is 6. The molecule has 24 atom stereocenters. The molecule has 0 rings (SSSR count). The van der Waals surface area contributed by atoms with Crippen molar-refractivity contribution in [2.45, 2.75) is 146 Å². The van der Waals surface area contributed by atoms with Crippen LogP contribution in [0.1, 0.15) is 0 Å². The summed E-state index contributed by atoms with van der Waals surface area (Å²) in [6.45, 7) is -5.06. The quantitative estimate of drug-likeness (QED) is 0.0318. The maximum Gasteiger partial charge on any atom is 0.335 e. The molecule has 0 aromatic carbocycles. The van der Waals surface area contributed by atoms with Gasteiger partial charge in [0.1, 0.15) is 110 Å². The molecule has 0 unspecified atom stereocenters. The Morgan fingerprint density at radius 2 is 0.275 bits per heavy atom. The second kappa shape index (κ2) is 49.3. The number of hydrogen-bond donors (Lipinski definition) is 36. The molecule has 0 heterocycles. The van der Waals surface area contributed by atoms with Crippen molar-refractivity contribution in [3.8, 4) is 0 Å². The number of aliphatic hydroxyl groups excluding tert-OH is 30. The van der Waals surface area contributed by atoms with Crippen LogP contribution in [-0.2, 0) is 66.6 Å². The van der Waals surface area contributed by atoms with E-state index in [9.17, 15) is 28.8 Å². The van der Waals surface area contributed by atoms with Crippen LogP contribution in [0.15, 0.2) is 0 Å². The van der Waals surface area contributed by atoms with Crippen LogP contribution in [0.25, 0.3) is 0 Å². The maximum atomic E-state index is 10.1. The molecule has 0 saturated heterocycles. The third kappa shape index (κ3) is 37.1. The molecule has 44 heteroatoms. The van der Waals surface area contributed by atoms with Gasteiger partial charge in [-0.3, -0.25) is 0 Å². The van der Waals surface area contributed by atoms with Crippen molar-refractivity contribution >= 4 is 35.8 Å². The van der Waals surface area contributed by atoms with Gasteiger partial charge in [0.05, 0.1) is 39.6 Å². The van der Waals surface area contributed by atoms with E-state index in [0.717, 1.165) is 0 Å². The standard InChI is InChI=1S/6C6H12O7.Co.W/c6*7-1-2(8)3(9)4(10)5(11)6(12)13;;/h6*2-5,7-11H,1H2,(H,12,13);;/t6*2-,3-,4+,5-;;/m111111../s1. The van der Waals surface area contributed by atoms with Crippen molar-refractivity contribution in [1.82, 2.24) is 0 Å². The fraction of sp³-hybridized carbons (Fsp3) is 0.833. The van der Waals surface area contributed by atoms with Crippen LogP contribution in [0, 0.1) is 0 Å². The van der Waals surface area contributed by atoms with Gasteiger partial charge in [-0.1, -0.05) is 0 Å². The summed E-state index contributed by atoms with van der Waals surface area (Å²) in [6.07, 6.45) is -47.0. The molecule has 0 amide bonds. The molecule has 1 radical (unpaired) electrons. The Hall–Kier alpha value is -3.19. The first-order chi connectivity index (χ1) is 35.5. The van der Waals surface area contributed by atoms with Crippen molar-refractivity contribution < 1.29 is 250 Å². The Kier molecular flexibility index (Phi) is 57.4. The first-order valence-corrected chi connectivity index (χ1v) is 20.8. The number of aliphatic hydroxyl groups is 30. The number of carboxylic acid groups (broad SMARTS) is 6. The molecule has 80 heavy (non-hydrogen) atoms. The topological polar surface area (TPSA) is 831 Å². The summed E-state index contributed by atoms with van der Waals surface area (Å²) in [5.41, 5.74) is 0. The second-order valence-electron chi connectivity index (χ2n) is 15.1. The molecule has 0 aromatic heterocycles. The number of aliphatic carboxylic acids is 6. The van der Waals surface area contributed by atoms with Gasteiger partial charge in [-0.05, 0) is 0 Å². The molecule has 0 saturated carbocycles. The van der Waals surface area contributed by atoms with E-state index in [0.29, 0.717) is 0 Å². The molecule has 0 aliphatic rings. The van der Waals surface area contributed by atoms with E-state index in [4.69, 9.17) is 184 Å². The molecule has 0 fully saturated rings. The Balaban J connectivity index is -0.000000129. The van der Waals surface area contributed by atoms with E-state index >= 15 is 0 Å². The van der Waals surface area contributed by atoms with Crippen LogP contribution in [0.2, 0.25) is 0 Å². The van der Waals surface area contributed by atoms with Gasteiger partial charge < -0.3 is 184 Å². The minimum absolute atomic E-state index is 0. The monoisotopic (exact) mass is 1420 g/mol. The fourth-order valence-corrected chi connectivity index (χ4v) is 4.01. The summed E-state index contributed by atoms with van der Waals surface area (Å²) < 4.78 is 0. The first-order valence-electron chi connectivity index (χ1n) is 20.8. The minimum atomic E-state index is -2.20. The number of hydrogen-bond acceptors (Lipinski definition) is 36. The van der Waals surface area contributed by atoms with E-state index in [1.807, 2.05) is 0 Å². The number of carbonyl (C=O) groups is 6. The van der Waals surface area contributed by atoms with Crippen molar-refractivity contribution in [1.29, 1.82) is 0 Å². The average Bonchev–Trinajstić information content (AvgIpc) is 3.42. The van der Waals surface area contributed by atoms with Gasteiger partial charge in [-0.2, -0.15) is 0 Å². The Morgan fingerprint density at radius 3 is 0.325 bits per heavy atom. The third-order valence-electron chi connectivity index (χ3n) is 9.05. The Bertz CT molecular complexity index is 1330. The van der Waals surface area contributed by atoms with Crippen LogP contribution >= 0.6 is 0 Å². The smallest absolute Gasteiger partial charge is 0.335 e. The van der Waals surface area contributed by atoms with Crippen molar-refractivity contribution in [2.75, 3.05) is 39.6 Å². The zero-order valence-electron chi connectivity index (χ0n) is 40.4. The van der Waals surface area contributed by atoms with E-state index < -0.39 is 222 Å². The van der Waals surface area contributed by atoms with Crippen LogP contribution in [0.5, 0.6) is 0 Å². The molecular formula is C36H72CoO42W. The van der Waals surface area contributed by atoms with E-state index in [1.54, 1.807) is 0 Å². The van der Waals surface area contributed by atoms with Crippen molar-refractivity contribution in [3.63, 3.8) is 0 Å². The summed E-state index contributed by atoms with van der Waals surface area (Å²) in [7, 11) is 0. The largest absolute Gasteiger partial charge is 0.479 e. The van der Waals surface area contributed by atoms with E-state index in [-0.39, 0.29) is 37.8 Å². The van der Waals surface area contributed by atoms with Crippen molar-refractivity contribution in [2.24, 2.45) is 0 Å². The van der Waals surface area contributed by atoms with Crippen LogP contribution in [-0.4, -0.2) is 406 Å². The Labute approximate surface area is 471 Å². The summed E-state index contributed by atoms with van der Waals surface area (Å²) in [5, 5.41) is 311. The van der Waals surface area contributed by atoms with E-state index in [2.05, 4.69) is 0 Å². The molecule has 0 aliphatic heterocycles. The predicted octanol–water partition coefficient (Wildman–Crippen LogP) is -21.0. The molecule has 0 aliphatic carbocycles. The summed E-state index contributed by atoms with van der Waals surface area (Å²) in [6, 6.07) is 0. The Morgan fingerprint density at radius 1 is 0.200 bits per heavy atom. The third-order valence-corrected chi connectivity index (χ3v) is 9.05. The van der Waals surface area contributed by atoms with Crippen LogP contribution < -0.4 is 0 Å². The molecule has 36 N–H and O–H groups in total. The molecule has 483 valence electrons. The molecule has 42 nitrogen and oxygen atoms in total. The van der Waals surface area contributed by atoms with Crippen LogP contribution in [0.3, 0.4) is 0 Å². The first kappa shape index (κ1) is 93.2.